The van der Waals surface area contributed by atoms with Gasteiger partial charge in [0.15, 0.2) is 6.04 Å². The summed E-state index contributed by atoms with van der Waals surface area (Å²) in [6.07, 6.45) is -1.60. The van der Waals surface area contributed by atoms with Gasteiger partial charge in [0.1, 0.15) is 35.6 Å². The number of aromatic nitrogens is 1. The second kappa shape index (κ2) is 17.4. The van der Waals surface area contributed by atoms with Crippen LogP contribution in [0.1, 0.15) is 69.6 Å². The van der Waals surface area contributed by atoms with E-state index in [1.165, 1.54) is 25.3 Å². The largest absolute Gasteiger partial charge is 0.497 e. The smallest absolute Gasteiger partial charge is 0.416 e. The minimum absolute atomic E-state index is 0.0628. The number of imide groups is 1. The molecule has 1 saturated carbocycles. The minimum Gasteiger partial charge on any atom is -0.497 e. The van der Waals surface area contributed by atoms with Gasteiger partial charge in [-0.15, -0.1) is 0 Å². The van der Waals surface area contributed by atoms with Crippen molar-refractivity contribution in [3.63, 3.8) is 0 Å². The number of nitrogens with one attached hydrogen (secondary N) is 1. The van der Waals surface area contributed by atoms with Crippen molar-refractivity contribution in [1.82, 2.24) is 15.2 Å². The molecule has 296 valence electrons. The summed E-state index contributed by atoms with van der Waals surface area (Å²) in [7, 11) is 3.04. The number of rotatable bonds is 12. The number of halogens is 3. The number of methoxy groups -OCH3 is 2. The highest BCUT2D eigenvalue weighted by molar-refractivity contribution is 6.08. The van der Waals surface area contributed by atoms with E-state index in [0.29, 0.717) is 40.4 Å². The normalized spacial score (nSPS) is 18.1. The van der Waals surface area contributed by atoms with Gasteiger partial charge in [-0.3, -0.25) is 9.69 Å². The fourth-order valence-electron chi connectivity index (χ4n) is 6.80. The summed E-state index contributed by atoms with van der Waals surface area (Å²) >= 11 is 0. The van der Waals surface area contributed by atoms with Crippen molar-refractivity contribution in [2.45, 2.75) is 96.3 Å². The summed E-state index contributed by atoms with van der Waals surface area (Å²) in [5.41, 5.74) is 0.950. The topological polar surface area (TPSA) is 137 Å². The van der Waals surface area contributed by atoms with Crippen molar-refractivity contribution in [3.8, 4) is 11.5 Å². The summed E-state index contributed by atoms with van der Waals surface area (Å²) in [6.45, 7) is 5.02. The number of likely N-dealkylation sites (tertiary alicyclic amines) is 1. The Morgan fingerprint density at radius 1 is 0.891 bits per heavy atom. The summed E-state index contributed by atoms with van der Waals surface area (Å²) in [4.78, 5) is 60.6. The number of carbonyl (C=O) groups excluding carboxylic acids is 4. The number of alkyl halides is 3. The maximum atomic E-state index is 14.3. The molecule has 5 rings (SSSR count). The van der Waals surface area contributed by atoms with Crippen LogP contribution in [0.4, 0.5) is 28.6 Å². The molecule has 2 fully saturated rings. The quantitative estimate of drug-likeness (QED) is 0.148. The number of anilines is 1. The van der Waals surface area contributed by atoms with Crippen LogP contribution in [0.25, 0.3) is 0 Å². The Labute approximate surface area is 318 Å². The molecule has 2 heterocycles. The first-order valence-electron chi connectivity index (χ1n) is 18.2. The number of pyridine rings is 1. The van der Waals surface area contributed by atoms with E-state index >= 15 is 0 Å². The highest BCUT2D eigenvalue weighted by Crippen LogP contribution is 2.37. The molecule has 15 heteroatoms. The molecule has 2 aliphatic rings. The molecule has 3 aromatic rings. The number of urea groups is 1. The predicted octanol–water partition coefficient (Wildman–Crippen LogP) is 7.37. The number of β-lactam (4-membered cyclic amide) rings is 1. The average molecular weight is 769 g/mol. The van der Waals surface area contributed by atoms with Crippen LogP contribution in [-0.4, -0.2) is 72.0 Å². The molecule has 12 nitrogen and oxygen atoms in total. The number of ether oxygens (including phenoxy) is 4. The molecular formula is C40H47F3N4O8. The van der Waals surface area contributed by atoms with Crippen LogP contribution in [-0.2, 0) is 38.6 Å². The molecule has 55 heavy (non-hydrogen) atoms. The monoisotopic (exact) mass is 768 g/mol. The number of nitrogens with zero attached hydrogens (tertiary/aromatic N) is 3. The molecule has 0 bridgehead atoms. The van der Waals surface area contributed by atoms with Gasteiger partial charge in [-0.25, -0.2) is 24.3 Å². The lowest BCUT2D eigenvalue weighted by atomic mass is 9.82. The van der Waals surface area contributed by atoms with Gasteiger partial charge in [-0.05, 0) is 99.0 Å². The number of hydrogen-bond donors (Lipinski definition) is 1. The number of esters is 1. The average Bonchev–Trinajstić information content (AvgIpc) is 3.15. The summed E-state index contributed by atoms with van der Waals surface area (Å²) in [5, 5.41) is 2.04. The fraction of sp³-hybridized carbons (Fsp3) is 0.475. The maximum Gasteiger partial charge on any atom is 0.416 e. The predicted molar refractivity (Wildman–Crippen MR) is 195 cm³/mol. The number of hydrogen-bond acceptors (Lipinski definition) is 9. The first-order valence-corrected chi connectivity index (χ1v) is 18.2. The zero-order valence-electron chi connectivity index (χ0n) is 31.6. The Hall–Kier alpha value is -5.34. The Bertz CT molecular complexity index is 1810. The standard InChI is InChI=1S/C40H47F3N4O8/c1-39(2,3)55-38(51)46(23-25-11-15-29(52-4)16-12-25)32-22-27(19-20-44-32)21-31-33(36(49)54-24-26-13-17-30(53-5)18-14-26)47(35(31)48)37(50)45-34(40(41,42)43)28-9-7-6-8-10-28/h11-20,22,28,31,33-34H,6-10,21,23-24H2,1-5H3,(H,45,50)/t31-,33-,34-/m0/s1. The SMILES string of the molecule is COc1ccc(COC(=O)[C@@H]2[C@H](Cc3ccnc(N(Cc4ccc(OC)cc4)C(=O)OC(C)(C)C)c3)C(=O)N2C(=O)N[C@@H](C2CCCCC2)C(F)(F)F)cc1. The van der Waals surface area contributed by atoms with E-state index < -0.39 is 59.7 Å². The third kappa shape index (κ3) is 10.5. The molecule has 0 spiro atoms. The van der Waals surface area contributed by atoms with Gasteiger partial charge in [0.05, 0.1) is 26.7 Å². The number of amides is 4. The van der Waals surface area contributed by atoms with Crippen LogP contribution in [0.2, 0.25) is 0 Å². The van der Waals surface area contributed by atoms with Crippen molar-refractivity contribution >= 4 is 29.8 Å². The fourth-order valence-corrected chi connectivity index (χ4v) is 6.80. The third-order valence-corrected chi connectivity index (χ3v) is 9.62. The second-order valence-corrected chi connectivity index (χ2v) is 14.7. The van der Waals surface area contributed by atoms with Crippen molar-refractivity contribution < 1.29 is 51.3 Å². The molecule has 1 aliphatic carbocycles. The van der Waals surface area contributed by atoms with Crippen LogP contribution < -0.4 is 19.7 Å². The van der Waals surface area contributed by atoms with E-state index in [1.54, 1.807) is 81.4 Å². The van der Waals surface area contributed by atoms with Crippen LogP contribution in [0.3, 0.4) is 0 Å². The third-order valence-electron chi connectivity index (χ3n) is 9.62. The van der Waals surface area contributed by atoms with Gasteiger partial charge in [-0.1, -0.05) is 43.5 Å². The van der Waals surface area contributed by atoms with Gasteiger partial charge >= 0.3 is 24.3 Å². The molecule has 0 radical (unpaired) electrons. The van der Waals surface area contributed by atoms with E-state index in [-0.39, 0.29) is 38.2 Å². The van der Waals surface area contributed by atoms with E-state index in [4.69, 9.17) is 18.9 Å². The van der Waals surface area contributed by atoms with E-state index in [2.05, 4.69) is 4.98 Å². The van der Waals surface area contributed by atoms with Gasteiger partial charge in [0.2, 0.25) is 5.91 Å². The zero-order chi connectivity index (χ0) is 39.9. The van der Waals surface area contributed by atoms with Crippen molar-refractivity contribution in [1.29, 1.82) is 0 Å². The van der Waals surface area contributed by atoms with Crippen molar-refractivity contribution in [2.24, 2.45) is 11.8 Å². The molecule has 3 atom stereocenters. The summed E-state index contributed by atoms with van der Waals surface area (Å²) in [5.74, 6) is -2.43. The maximum absolute atomic E-state index is 14.3. The van der Waals surface area contributed by atoms with Crippen LogP contribution in [0.5, 0.6) is 11.5 Å². The lowest BCUT2D eigenvalue weighted by Gasteiger charge is -2.44. The Balaban J connectivity index is 1.40. The van der Waals surface area contributed by atoms with Crippen LogP contribution >= 0.6 is 0 Å². The van der Waals surface area contributed by atoms with Gasteiger partial charge < -0.3 is 24.3 Å². The van der Waals surface area contributed by atoms with Crippen molar-refractivity contribution in [2.75, 3.05) is 19.1 Å². The molecule has 1 aromatic heterocycles. The molecule has 1 N–H and O–H groups in total. The lowest BCUT2D eigenvalue weighted by molar-refractivity contribution is -0.175. The second-order valence-electron chi connectivity index (χ2n) is 14.7. The molecule has 2 aromatic carbocycles. The van der Waals surface area contributed by atoms with E-state index in [1.807, 2.05) is 5.32 Å². The van der Waals surface area contributed by atoms with Crippen molar-refractivity contribution in [3.05, 3.63) is 83.6 Å². The Morgan fingerprint density at radius 2 is 1.49 bits per heavy atom. The van der Waals surface area contributed by atoms with Gasteiger partial charge in [0, 0.05) is 6.20 Å². The molecule has 1 aliphatic heterocycles. The first kappa shape index (κ1) is 40.8. The zero-order valence-corrected chi connectivity index (χ0v) is 31.6. The molecule has 4 amide bonds. The van der Waals surface area contributed by atoms with Crippen LogP contribution in [0, 0.1) is 11.8 Å². The molecule has 1 saturated heterocycles. The Morgan fingerprint density at radius 3 is 2.05 bits per heavy atom. The number of carbonyl (C=O) groups is 4. The highest BCUT2D eigenvalue weighted by Gasteiger charge is 2.57. The van der Waals surface area contributed by atoms with E-state index in [0.717, 1.165) is 12.0 Å². The minimum atomic E-state index is -4.77. The highest BCUT2D eigenvalue weighted by atomic mass is 19.4. The first-order chi connectivity index (χ1) is 26.1. The summed E-state index contributed by atoms with van der Waals surface area (Å²) in [6, 6.07) is 11.8. The van der Waals surface area contributed by atoms with Gasteiger partial charge in [-0.2, -0.15) is 13.2 Å². The Kier molecular flexibility index (Phi) is 12.9. The summed E-state index contributed by atoms with van der Waals surface area (Å²) < 4.78 is 64.5. The lowest BCUT2D eigenvalue weighted by Crippen LogP contribution is -2.70. The van der Waals surface area contributed by atoms with Crippen LogP contribution in [0.15, 0.2) is 66.9 Å². The molecular weight excluding hydrogens is 721 g/mol. The van der Waals surface area contributed by atoms with Gasteiger partial charge in [0.25, 0.3) is 0 Å². The number of benzene rings is 2. The molecule has 0 unspecified atom stereocenters. The van der Waals surface area contributed by atoms with E-state index in [9.17, 15) is 32.3 Å².